The molecule has 3 aromatic rings. The van der Waals surface area contributed by atoms with Crippen molar-refractivity contribution in [2.45, 2.75) is 19.4 Å². The number of rotatable bonds is 3. The number of esters is 1. The summed E-state index contributed by atoms with van der Waals surface area (Å²) in [6.07, 6.45) is 0. The van der Waals surface area contributed by atoms with Gasteiger partial charge < -0.3 is 20.1 Å². The molecule has 0 fully saturated rings. The minimum atomic E-state index is -1.12. The fraction of sp³-hybridized carbons (Fsp3) is 0.208. The van der Waals surface area contributed by atoms with Gasteiger partial charge in [-0.2, -0.15) is 0 Å². The monoisotopic (exact) mass is 386 g/mol. The van der Waals surface area contributed by atoms with Gasteiger partial charge in [0.2, 0.25) is 0 Å². The molecule has 2 N–H and O–H groups in total. The van der Waals surface area contributed by atoms with Crippen molar-refractivity contribution in [3.05, 3.63) is 82.9 Å². The van der Waals surface area contributed by atoms with Gasteiger partial charge in [0.05, 0.1) is 11.3 Å². The van der Waals surface area contributed by atoms with Crippen LogP contribution in [0.15, 0.2) is 60.7 Å². The van der Waals surface area contributed by atoms with Crippen LogP contribution in [-0.2, 0) is 10.3 Å². The maximum absolute atomic E-state index is 13.3. The lowest BCUT2D eigenvalue weighted by Gasteiger charge is -2.37. The van der Waals surface area contributed by atoms with Crippen molar-refractivity contribution >= 4 is 17.3 Å². The number of carbonyl (C=O) groups is 1. The van der Waals surface area contributed by atoms with E-state index in [4.69, 9.17) is 15.2 Å². The van der Waals surface area contributed by atoms with Crippen LogP contribution in [0.3, 0.4) is 0 Å². The molecule has 5 nitrogen and oxygen atoms in total. The molecule has 3 aromatic carbocycles. The van der Waals surface area contributed by atoms with Crippen LogP contribution < -0.4 is 15.4 Å². The molecular formula is C24H22N2O3. The lowest BCUT2D eigenvalue weighted by molar-refractivity contribution is 0.0226. The summed E-state index contributed by atoms with van der Waals surface area (Å²) < 4.78 is 12.4. The standard InChI is InChI=1S/C24H22N2O3/c1-3-26(4-2)18-14-13-17(25)22-21(18)23(27)29-24(22)15-9-5-7-11-19(15)28-20-12-8-6-10-16(20)24/h5-14H,3-4,25H2,1-2H3. The number of hydrogen-bond donors (Lipinski definition) is 1. The smallest absolute Gasteiger partial charge is 0.342 e. The molecule has 0 aromatic heterocycles. The zero-order valence-electron chi connectivity index (χ0n) is 16.4. The Labute approximate surface area is 169 Å². The number of anilines is 2. The van der Waals surface area contributed by atoms with E-state index >= 15 is 0 Å². The van der Waals surface area contributed by atoms with Crippen molar-refractivity contribution in [1.29, 1.82) is 0 Å². The maximum atomic E-state index is 13.3. The second-order valence-electron chi connectivity index (χ2n) is 7.26. The van der Waals surface area contributed by atoms with Crippen molar-refractivity contribution in [3.63, 3.8) is 0 Å². The van der Waals surface area contributed by atoms with Gasteiger partial charge in [-0.05, 0) is 38.1 Å². The number of fused-ring (bicyclic) bond motifs is 6. The van der Waals surface area contributed by atoms with Crippen LogP contribution in [0.2, 0.25) is 0 Å². The fourth-order valence-corrected chi connectivity index (χ4v) is 4.60. The summed E-state index contributed by atoms with van der Waals surface area (Å²) in [7, 11) is 0. The van der Waals surface area contributed by atoms with Crippen LogP contribution in [-0.4, -0.2) is 19.1 Å². The lowest BCUT2D eigenvalue weighted by Crippen LogP contribution is -2.33. The van der Waals surface area contributed by atoms with Gasteiger partial charge >= 0.3 is 5.97 Å². The molecule has 0 radical (unpaired) electrons. The first-order valence-electron chi connectivity index (χ1n) is 9.89. The molecule has 0 unspecified atom stereocenters. The van der Waals surface area contributed by atoms with E-state index in [1.807, 2.05) is 60.7 Å². The highest BCUT2D eigenvalue weighted by molar-refractivity contribution is 6.04. The van der Waals surface area contributed by atoms with Gasteiger partial charge in [-0.1, -0.05) is 36.4 Å². The molecule has 5 rings (SSSR count). The SMILES string of the molecule is CCN(CC)c1ccc(N)c2c1C(=O)OC21c2ccccc2Oc2ccccc21. The zero-order valence-corrected chi connectivity index (χ0v) is 16.4. The summed E-state index contributed by atoms with van der Waals surface area (Å²) in [5.74, 6) is 0.972. The molecular weight excluding hydrogens is 364 g/mol. The van der Waals surface area contributed by atoms with Gasteiger partial charge in [0.25, 0.3) is 0 Å². The number of nitrogens with zero attached hydrogens (tertiary/aromatic N) is 1. The van der Waals surface area contributed by atoms with Crippen molar-refractivity contribution in [3.8, 4) is 11.5 Å². The van der Waals surface area contributed by atoms with E-state index in [0.29, 0.717) is 28.3 Å². The zero-order chi connectivity index (χ0) is 20.2. The number of nitrogens with two attached hydrogens (primary N) is 1. The maximum Gasteiger partial charge on any atom is 0.342 e. The molecule has 1 spiro atoms. The van der Waals surface area contributed by atoms with E-state index in [1.165, 1.54) is 0 Å². The summed E-state index contributed by atoms with van der Waals surface area (Å²) in [5, 5.41) is 0. The molecule has 146 valence electrons. The normalized spacial score (nSPS) is 15.2. The van der Waals surface area contributed by atoms with Gasteiger partial charge in [0, 0.05) is 35.5 Å². The number of para-hydroxylation sites is 2. The third-order valence-electron chi connectivity index (χ3n) is 5.87. The Bertz CT molecular complexity index is 1090. The lowest BCUT2D eigenvalue weighted by atomic mass is 9.76. The molecule has 2 aliphatic heterocycles. The predicted octanol–water partition coefficient (Wildman–Crippen LogP) is 4.68. The minimum Gasteiger partial charge on any atom is -0.456 e. The van der Waals surface area contributed by atoms with Crippen LogP contribution in [0.4, 0.5) is 11.4 Å². The Morgan fingerprint density at radius 3 is 2.07 bits per heavy atom. The molecule has 0 aliphatic carbocycles. The Morgan fingerprint density at radius 1 is 0.897 bits per heavy atom. The number of hydrogen-bond acceptors (Lipinski definition) is 5. The first kappa shape index (κ1) is 17.6. The molecule has 0 amide bonds. The molecule has 0 atom stereocenters. The molecule has 2 heterocycles. The van der Waals surface area contributed by atoms with Gasteiger partial charge in [0.1, 0.15) is 11.5 Å². The van der Waals surface area contributed by atoms with E-state index < -0.39 is 5.60 Å². The fourth-order valence-electron chi connectivity index (χ4n) is 4.60. The molecule has 2 aliphatic rings. The summed E-state index contributed by atoms with van der Waals surface area (Å²) in [6, 6.07) is 19.1. The van der Waals surface area contributed by atoms with Crippen molar-refractivity contribution in [2.24, 2.45) is 0 Å². The Morgan fingerprint density at radius 2 is 1.48 bits per heavy atom. The number of carbonyl (C=O) groups excluding carboxylic acids is 1. The van der Waals surface area contributed by atoms with Gasteiger partial charge in [-0.3, -0.25) is 0 Å². The van der Waals surface area contributed by atoms with Crippen molar-refractivity contribution in [1.82, 2.24) is 0 Å². The third kappa shape index (κ3) is 2.24. The summed E-state index contributed by atoms with van der Waals surface area (Å²) in [6.45, 7) is 5.70. The average molecular weight is 386 g/mol. The first-order chi connectivity index (χ1) is 14.1. The van der Waals surface area contributed by atoms with Gasteiger partial charge in [-0.15, -0.1) is 0 Å². The second kappa shape index (κ2) is 6.27. The molecule has 0 saturated heterocycles. The summed E-state index contributed by atoms with van der Waals surface area (Å²) in [4.78, 5) is 15.5. The second-order valence-corrected chi connectivity index (χ2v) is 7.26. The van der Waals surface area contributed by atoms with E-state index in [9.17, 15) is 4.79 Å². The molecule has 29 heavy (non-hydrogen) atoms. The van der Waals surface area contributed by atoms with Crippen molar-refractivity contribution < 1.29 is 14.3 Å². The minimum absolute atomic E-state index is 0.360. The van der Waals surface area contributed by atoms with Crippen LogP contribution in [0.25, 0.3) is 0 Å². The van der Waals surface area contributed by atoms with Gasteiger partial charge in [0.15, 0.2) is 5.60 Å². The molecule has 0 bridgehead atoms. The van der Waals surface area contributed by atoms with Crippen LogP contribution >= 0.6 is 0 Å². The van der Waals surface area contributed by atoms with Gasteiger partial charge in [-0.25, -0.2) is 4.79 Å². The number of benzene rings is 3. The summed E-state index contributed by atoms with van der Waals surface area (Å²) in [5.41, 5.74) is 9.60. The highest BCUT2D eigenvalue weighted by Gasteiger charge is 2.55. The first-order valence-corrected chi connectivity index (χ1v) is 9.89. The molecule has 0 saturated carbocycles. The number of ether oxygens (including phenoxy) is 2. The largest absolute Gasteiger partial charge is 0.456 e. The Balaban J connectivity index is 1.90. The van der Waals surface area contributed by atoms with E-state index in [0.717, 1.165) is 29.9 Å². The summed E-state index contributed by atoms with van der Waals surface area (Å²) >= 11 is 0. The quantitative estimate of drug-likeness (QED) is 0.523. The molecule has 5 heteroatoms. The highest BCUT2D eigenvalue weighted by Crippen LogP contribution is 2.58. The van der Waals surface area contributed by atoms with Crippen molar-refractivity contribution in [2.75, 3.05) is 23.7 Å². The van der Waals surface area contributed by atoms with Crippen LogP contribution in [0.5, 0.6) is 11.5 Å². The van der Waals surface area contributed by atoms with E-state index in [-0.39, 0.29) is 5.97 Å². The topological polar surface area (TPSA) is 64.8 Å². The number of nitrogen functional groups attached to an aromatic ring is 1. The average Bonchev–Trinajstić information content (AvgIpc) is 3.05. The van der Waals surface area contributed by atoms with Crippen LogP contribution in [0.1, 0.15) is 40.9 Å². The van der Waals surface area contributed by atoms with Crippen LogP contribution in [0, 0.1) is 0 Å². The van der Waals surface area contributed by atoms with E-state index in [1.54, 1.807) is 0 Å². The highest BCUT2D eigenvalue weighted by atomic mass is 16.6. The Hall–Kier alpha value is -3.47. The predicted molar refractivity (Wildman–Crippen MR) is 113 cm³/mol. The van der Waals surface area contributed by atoms with E-state index in [2.05, 4.69) is 18.7 Å². The third-order valence-corrected chi connectivity index (χ3v) is 5.87. The Kier molecular flexibility index (Phi) is 3.81.